The number of nitriles is 1. The smallest absolute Gasteiger partial charge is 0.303 e. The largest absolute Gasteiger partial charge is 0.481 e. The first-order valence-corrected chi connectivity index (χ1v) is 5.69. The van der Waals surface area contributed by atoms with Crippen molar-refractivity contribution in [2.24, 2.45) is 0 Å². The predicted molar refractivity (Wildman–Crippen MR) is 65.8 cm³/mol. The van der Waals surface area contributed by atoms with Gasteiger partial charge in [0.25, 0.3) is 0 Å². The van der Waals surface area contributed by atoms with Crippen LogP contribution in [0.3, 0.4) is 0 Å². The lowest BCUT2D eigenvalue weighted by Gasteiger charge is -2.07. The average Bonchev–Trinajstić information content (AvgIpc) is 2.33. The van der Waals surface area contributed by atoms with Crippen LogP contribution in [-0.4, -0.2) is 17.6 Å². The van der Waals surface area contributed by atoms with Gasteiger partial charge >= 0.3 is 5.97 Å². The van der Waals surface area contributed by atoms with Crippen LogP contribution in [0.15, 0.2) is 24.3 Å². The number of carbonyl (C=O) groups is 1. The van der Waals surface area contributed by atoms with E-state index < -0.39 is 5.97 Å². The minimum absolute atomic E-state index is 0.231. The maximum absolute atomic E-state index is 10.3. The van der Waals surface area contributed by atoms with E-state index in [-0.39, 0.29) is 6.42 Å². The molecule has 0 fully saturated rings. The van der Waals surface area contributed by atoms with E-state index in [1.54, 1.807) is 6.07 Å². The lowest BCUT2D eigenvalue weighted by atomic mass is 10.1. The fraction of sp³-hybridized carbons (Fsp3) is 0.385. The number of para-hydroxylation sites is 1. The highest BCUT2D eigenvalue weighted by Gasteiger charge is 1.99. The molecule has 1 aromatic rings. The van der Waals surface area contributed by atoms with E-state index in [4.69, 9.17) is 10.4 Å². The van der Waals surface area contributed by atoms with Crippen LogP contribution in [0.2, 0.25) is 0 Å². The fourth-order valence-corrected chi connectivity index (χ4v) is 1.54. The molecule has 2 N–H and O–H groups in total. The number of anilines is 1. The molecule has 0 aliphatic heterocycles. The monoisotopic (exact) mass is 232 g/mol. The van der Waals surface area contributed by atoms with Crippen molar-refractivity contribution >= 4 is 11.7 Å². The molecule has 0 saturated carbocycles. The van der Waals surface area contributed by atoms with Crippen LogP contribution in [0, 0.1) is 11.3 Å². The van der Waals surface area contributed by atoms with Crippen molar-refractivity contribution in [3.8, 4) is 6.07 Å². The Kier molecular flexibility index (Phi) is 5.59. The number of unbranched alkanes of at least 4 members (excludes halogenated alkanes) is 2. The summed E-state index contributed by atoms with van der Waals surface area (Å²) < 4.78 is 0. The second-order valence-corrected chi connectivity index (χ2v) is 3.79. The van der Waals surface area contributed by atoms with E-state index in [1.165, 1.54) is 0 Å². The third kappa shape index (κ3) is 5.03. The van der Waals surface area contributed by atoms with Gasteiger partial charge in [0.2, 0.25) is 0 Å². The topological polar surface area (TPSA) is 73.1 Å². The summed E-state index contributed by atoms with van der Waals surface area (Å²) in [6.45, 7) is 0.762. The van der Waals surface area contributed by atoms with Crippen LogP contribution in [0.4, 0.5) is 5.69 Å². The van der Waals surface area contributed by atoms with E-state index in [1.807, 2.05) is 18.2 Å². The highest BCUT2D eigenvalue weighted by molar-refractivity contribution is 5.66. The van der Waals surface area contributed by atoms with Crippen molar-refractivity contribution in [3.63, 3.8) is 0 Å². The van der Waals surface area contributed by atoms with Gasteiger partial charge in [-0.2, -0.15) is 5.26 Å². The minimum Gasteiger partial charge on any atom is -0.481 e. The maximum atomic E-state index is 10.3. The van der Waals surface area contributed by atoms with E-state index in [9.17, 15) is 4.79 Å². The normalized spacial score (nSPS) is 9.59. The summed E-state index contributed by atoms with van der Waals surface area (Å²) in [4.78, 5) is 10.3. The highest BCUT2D eigenvalue weighted by atomic mass is 16.4. The molecule has 90 valence electrons. The lowest BCUT2D eigenvalue weighted by molar-refractivity contribution is -0.137. The molecule has 0 aliphatic carbocycles. The zero-order valence-electron chi connectivity index (χ0n) is 9.65. The molecule has 0 spiro atoms. The summed E-state index contributed by atoms with van der Waals surface area (Å²) in [5, 5.41) is 20.5. The average molecular weight is 232 g/mol. The quantitative estimate of drug-likeness (QED) is 0.709. The molecule has 17 heavy (non-hydrogen) atoms. The summed E-state index contributed by atoms with van der Waals surface area (Å²) in [5.41, 5.74) is 1.48. The predicted octanol–water partition coefficient (Wildman–Crippen LogP) is 2.62. The summed E-state index contributed by atoms with van der Waals surface area (Å²) in [6.07, 6.45) is 2.73. The first kappa shape index (κ1) is 13.0. The SMILES string of the molecule is N#Cc1ccccc1NCCCCCC(=O)O. The molecule has 0 saturated heterocycles. The van der Waals surface area contributed by atoms with Crippen LogP contribution in [-0.2, 0) is 4.79 Å². The van der Waals surface area contributed by atoms with Crippen LogP contribution in [0.25, 0.3) is 0 Å². The number of nitrogens with one attached hydrogen (secondary N) is 1. The summed E-state index contributed by atoms with van der Waals surface area (Å²) >= 11 is 0. The molecular weight excluding hydrogens is 216 g/mol. The number of aliphatic carboxylic acids is 1. The lowest BCUT2D eigenvalue weighted by Crippen LogP contribution is -2.03. The van der Waals surface area contributed by atoms with Crippen LogP contribution in [0.5, 0.6) is 0 Å². The van der Waals surface area contributed by atoms with Crippen molar-refractivity contribution in [1.29, 1.82) is 5.26 Å². The van der Waals surface area contributed by atoms with Gasteiger partial charge in [-0.15, -0.1) is 0 Å². The number of rotatable bonds is 7. The number of hydrogen-bond acceptors (Lipinski definition) is 3. The molecule has 0 bridgehead atoms. The van der Waals surface area contributed by atoms with Gasteiger partial charge in [-0.3, -0.25) is 4.79 Å². The molecule has 0 atom stereocenters. The summed E-state index contributed by atoms with van der Waals surface area (Å²) in [7, 11) is 0. The van der Waals surface area contributed by atoms with Crippen LogP contribution in [0.1, 0.15) is 31.2 Å². The molecule has 0 radical (unpaired) electrons. The van der Waals surface area contributed by atoms with Crippen molar-refractivity contribution < 1.29 is 9.90 Å². The Labute approximate surface area is 101 Å². The Morgan fingerprint density at radius 2 is 2.06 bits per heavy atom. The first-order valence-electron chi connectivity index (χ1n) is 5.69. The number of hydrogen-bond donors (Lipinski definition) is 2. The number of benzene rings is 1. The van der Waals surface area contributed by atoms with Crippen molar-refractivity contribution in [2.45, 2.75) is 25.7 Å². The Hall–Kier alpha value is -2.02. The number of carboxylic acids is 1. The second-order valence-electron chi connectivity index (χ2n) is 3.79. The Morgan fingerprint density at radius 3 is 2.76 bits per heavy atom. The van der Waals surface area contributed by atoms with Gasteiger partial charge < -0.3 is 10.4 Å². The second kappa shape index (κ2) is 7.29. The van der Waals surface area contributed by atoms with E-state index in [0.717, 1.165) is 25.1 Å². The Balaban J connectivity index is 2.22. The minimum atomic E-state index is -0.743. The third-order valence-corrected chi connectivity index (χ3v) is 2.43. The van der Waals surface area contributed by atoms with Crippen molar-refractivity contribution in [1.82, 2.24) is 0 Å². The van der Waals surface area contributed by atoms with Crippen LogP contribution < -0.4 is 5.32 Å². The highest BCUT2D eigenvalue weighted by Crippen LogP contribution is 2.13. The van der Waals surface area contributed by atoms with Gasteiger partial charge in [0.1, 0.15) is 6.07 Å². The molecule has 0 amide bonds. The molecule has 4 nitrogen and oxygen atoms in total. The summed E-state index contributed by atoms with van der Waals surface area (Å²) in [5.74, 6) is -0.743. The van der Waals surface area contributed by atoms with E-state index >= 15 is 0 Å². The van der Waals surface area contributed by atoms with Gasteiger partial charge in [0.15, 0.2) is 0 Å². The van der Waals surface area contributed by atoms with Gasteiger partial charge in [0.05, 0.1) is 11.3 Å². The standard InChI is InChI=1S/C13H16N2O2/c14-10-11-6-3-4-7-12(11)15-9-5-1-2-8-13(16)17/h3-4,6-7,15H,1-2,5,8-9H2,(H,16,17). The van der Waals surface area contributed by atoms with Gasteiger partial charge in [-0.1, -0.05) is 18.6 Å². The first-order chi connectivity index (χ1) is 8.24. The number of carboxylic acid groups (broad SMARTS) is 1. The summed E-state index contributed by atoms with van der Waals surface area (Å²) in [6, 6.07) is 9.48. The van der Waals surface area contributed by atoms with Gasteiger partial charge in [0, 0.05) is 13.0 Å². The maximum Gasteiger partial charge on any atom is 0.303 e. The Morgan fingerprint density at radius 1 is 1.29 bits per heavy atom. The zero-order chi connectivity index (χ0) is 12.5. The fourth-order valence-electron chi connectivity index (χ4n) is 1.54. The molecule has 1 rings (SSSR count). The van der Waals surface area contributed by atoms with Crippen molar-refractivity contribution in [3.05, 3.63) is 29.8 Å². The Bertz CT molecular complexity index is 410. The van der Waals surface area contributed by atoms with E-state index in [2.05, 4.69) is 11.4 Å². The van der Waals surface area contributed by atoms with Gasteiger partial charge in [-0.05, 0) is 25.0 Å². The van der Waals surface area contributed by atoms with Crippen molar-refractivity contribution in [2.75, 3.05) is 11.9 Å². The molecule has 0 aromatic heterocycles. The number of nitrogens with zero attached hydrogens (tertiary/aromatic N) is 1. The van der Waals surface area contributed by atoms with Gasteiger partial charge in [-0.25, -0.2) is 0 Å². The molecule has 1 aromatic carbocycles. The molecule has 0 unspecified atom stereocenters. The molecular formula is C13H16N2O2. The van der Waals surface area contributed by atoms with E-state index in [0.29, 0.717) is 12.0 Å². The molecule has 4 heteroatoms. The molecule has 0 heterocycles. The molecule has 0 aliphatic rings. The zero-order valence-corrected chi connectivity index (χ0v) is 9.65. The van der Waals surface area contributed by atoms with Crippen LogP contribution >= 0.6 is 0 Å². The third-order valence-electron chi connectivity index (χ3n) is 2.43.